The molecule has 1 atom stereocenters. The Morgan fingerprint density at radius 1 is 1.24 bits per heavy atom. The third-order valence-electron chi connectivity index (χ3n) is 3.51. The van der Waals surface area contributed by atoms with Gasteiger partial charge in [0.15, 0.2) is 11.7 Å². The Morgan fingerprint density at radius 3 is 2.48 bits per heavy atom. The van der Waals surface area contributed by atoms with Crippen molar-refractivity contribution in [1.29, 1.82) is 0 Å². The van der Waals surface area contributed by atoms with E-state index in [1.807, 2.05) is 0 Å². The standard InChI is InChI=1S/C17H19F5N4O2S/c1-2-23-16(25-8-14-26-13(9-29-14)17(20,21)22)24-7-12(27)10-3-5-11(6-4-10)28-15(18)19/h3-6,9,12,15,27H,2,7-8H2,1H3,(H2,23,24,25). The largest absolute Gasteiger partial charge is 0.435 e. The molecule has 12 heteroatoms. The smallest absolute Gasteiger partial charge is 0.434 e. The van der Waals surface area contributed by atoms with Crippen LogP contribution in [-0.4, -0.2) is 35.8 Å². The van der Waals surface area contributed by atoms with E-state index < -0.39 is 24.6 Å². The van der Waals surface area contributed by atoms with Crippen LogP contribution in [0.15, 0.2) is 34.6 Å². The summed E-state index contributed by atoms with van der Waals surface area (Å²) in [4.78, 5) is 7.65. The van der Waals surface area contributed by atoms with Gasteiger partial charge in [-0.2, -0.15) is 22.0 Å². The van der Waals surface area contributed by atoms with E-state index in [0.29, 0.717) is 12.1 Å². The number of aliphatic imine (C=N–C) groups is 1. The topological polar surface area (TPSA) is 78.8 Å². The van der Waals surface area contributed by atoms with Crippen LogP contribution in [0.1, 0.15) is 29.3 Å². The molecule has 3 N–H and O–H groups in total. The number of nitrogens with zero attached hydrogens (tertiary/aromatic N) is 2. The van der Waals surface area contributed by atoms with Crippen molar-refractivity contribution in [2.75, 3.05) is 13.1 Å². The number of nitrogens with one attached hydrogen (secondary N) is 2. The molecular formula is C17H19F5N4O2S. The van der Waals surface area contributed by atoms with Crippen molar-refractivity contribution < 1.29 is 31.8 Å². The van der Waals surface area contributed by atoms with Crippen LogP contribution in [0.25, 0.3) is 0 Å². The molecule has 2 rings (SSSR count). The zero-order valence-electron chi connectivity index (χ0n) is 15.2. The van der Waals surface area contributed by atoms with Crippen molar-refractivity contribution in [1.82, 2.24) is 15.6 Å². The van der Waals surface area contributed by atoms with E-state index in [4.69, 9.17) is 0 Å². The molecule has 6 nitrogen and oxygen atoms in total. The number of rotatable bonds is 8. The van der Waals surface area contributed by atoms with Gasteiger partial charge in [-0.25, -0.2) is 9.98 Å². The van der Waals surface area contributed by atoms with Crippen molar-refractivity contribution in [3.8, 4) is 5.75 Å². The van der Waals surface area contributed by atoms with E-state index in [9.17, 15) is 27.1 Å². The molecule has 29 heavy (non-hydrogen) atoms. The molecule has 1 aromatic carbocycles. The van der Waals surface area contributed by atoms with Crippen molar-refractivity contribution >= 4 is 17.3 Å². The first kappa shape index (κ1) is 22.8. The quantitative estimate of drug-likeness (QED) is 0.334. The second-order valence-electron chi connectivity index (χ2n) is 5.66. The third kappa shape index (κ3) is 7.46. The van der Waals surface area contributed by atoms with Crippen LogP contribution >= 0.6 is 11.3 Å². The van der Waals surface area contributed by atoms with Crippen molar-refractivity contribution in [2.24, 2.45) is 4.99 Å². The molecule has 0 aliphatic rings. The van der Waals surface area contributed by atoms with Gasteiger partial charge in [-0.05, 0) is 24.6 Å². The maximum absolute atomic E-state index is 12.6. The number of thiazole rings is 1. The molecule has 1 unspecified atom stereocenters. The van der Waals surface area contributed by atoms with E-state index in [-0.39, 0.29) is 29.8 Å². The number of aliphatic hydroxyl groups is 1. The Bertz CT molecular complexity index is 796. The van der Waals surface area contributed by atoms with Crippen LogP contribution in [0.5, 0.6) is 5.75 Å². The number of alkyl halides is 5. The predicted molar refractivity (Wildman–Crippen MR) is 98.0 cm³/mol. The second kappa shape index (κ2) is 10.3. The fourth-order valence-electron chi connectivity index (χ4n) is 2.18. The van der Waals surface area contributed by atoms with E-state index in [1.165, 1.54) is 24.3 Å². The first-order chi connectivity index (χ1) is 13.7. The van der Waals surface area contributed by atoms with Gasteiger partial charge in [0.2, 0.25) is 0 Å². The lowest BCUT2D eigenvalue weighted by atomic mass is 10.1. The average molecular weight is 438 g/mol. The number of aliphatic hydroxyl groups excluding tert-OH is 1. The molecule has 0 saturated carbocycles. The first-order valence-electron chi connectivity index (χ1n) is 8.45. The summed E-state index contributed by atoms with van der Waals surface area (Å²) in [6, 6.07) is 5.51. The van der Waals surface area contributed by atoms with Gasteiger partial charge in [0, 0.05) is 18.5 Å². The van der Waals surface area contributed by atoms with Crippen LogP contribution < -0.4 is 15.4 Å². The molecular weight excluding hydrogens is 419 g/mol. The molecule has 2 aromatic rings. The fraction of sp³-hybridized carbons (Fsp3) is 0.412. The lowest BCUT2D eigenvalue weighted by molar-refractivity contribution is -0.140. The highest BCUT2D eigenvalue weighted by Gasteiger charge is 2.33. The van der Waals surface area contributed by atoms with Crippen LogP contribution in [-0.2, 0) is 12.7 Å². The molecule has 0 aliphatic carbocycles. The molecule has 0 bridgehead atoms. The van der Waals surface area contributed by atoms with Crippen LogP contribution in [0, 0.1) is 0 Å². The molecule has 0 fully saturated rings. The molecule has 0 amide bonds. The normalized spacial score (nSPS) is 13.4. The SMILES string of the molecule is CCNC(=NCc1nc(C(F)(F)F)cs1)NCC(O)c1ccc(OC(F)F)cc1. The Kier molecular flexibility index (Phi) is 8.14. The number of halogens is 5. The number of hydrogen-bond acceptors (Lipinski definition) is 5. The van der Waals surface area contributed by atoms with E-state index >= 15 is 0 Å². The van der Waals surface area contributed by atoms with Gasteiger partial charge in [0.25, 0.3) is 0 Å². The Balaban J connectivity index is 1.94. The highest BCUT2D eigenvalue weighted by molar-refractivity contribution is 7.09. The van der Waals surface area contributed by atoms with Gasteiger partial charge in [-0.1, -0.05) is 12.1 Å². The second-order valence-corrected chi connectivity index (χ2v) is 6.61. The Hall–Kier alpha value is -2.47. The lowest BCUT2D eigenvalue weighted by Gasteiger charge is -2.16. The van der Waals surface area contributed by atoms with Crippen LogP contribution in [0.4, 0.5) is 22.0 Å². The molecule has 0 aliphatic heterocycles. The van der Waals surface area contributed by atoms with Crippen molar-refractivity contribution in [2.45, 2.75) is 32.4 Å². The summed E-state index contributed by atoms with van der Waals surface area (Å²) in [5, 5.41) is 17.1. The van der Waals surface area contributed by atoms with Gasteiger partial charge in [0.05, 0.1) is 12.6 Å². The van der Waals surface area contributed by atoms with Gasteiger partial charge >= 0.3 is 12.8 Å². The Morgan fingerprint density at radius 2 is 1.93 bits per heavy atom. The summed E-state index contributed by atoms with van der Waals surface area (Å²) in [5.41, 5.74) is -0.495. The summed E-state index contributed by atoms with van der Waals surface area (Å²) < 4.78 is 66.3. The van der Waals surface area contributed by atoms with Crippen LogP contribution in [0.3, 0.4) is 0 Å². The van der Waals surface area contributed by atoms with Crippen molar-refractivity contribution in [3.63, 3.8) is 0 Å². The number of aromatic nitrogens is 1. The number of benzene rings is 1. The number of ether oxygens (including phenoxy) is 1. The summed E-state index contributed by atoms with van der Waals surface area (Å²) in [6.45, 7) is -0.664. The molecule has 1 heterocycles. The maximum atomic E-state index is 12.6. The molecule has 1 aromatic heterocycles. The average Bonchev–Trinajstić information content (AvgIpc) is 3.13. The van der Waals surface area contributed by atoms with Crippen LogP contribution in [0.2, 0.25) is 0 Å². The minimum atomic E-state index is -4.50. The zero-order valence-corrected chi connectivity index (χ0v) is 16.0. The monoisotopic (exact) mass is 438 g/mol. The Labute approximate surface area is 167 Å². The van der Waals surface area contributed by atoms with Crippen molar-refractivity contribution in [3.05, 3.63) is 45.9 Å². The maximum Gasteiger partial charge on any atom is 0.434 e. The predicted octanol–water partition coefficient (Wildman–Crippen LogP) is 3.55. The lowest BCUT2D eigenvalue weighted by Crippen LogP contribution is -2.39. The summed E-state index contributed by atoms with van der Waals surface area (Å²) >= 11 is 0.855. The minimum Gasteiger partial charge on any atom is -0.435 e. The van der Waals surface area contributed by atoms with Gasteiger partial charge < -0.3 is 20.5 Å². The molecule has 0 saturated heterocycles. The van der Waals surface area contributed by atoms with Gasteiger partial charge in [-0.3, -0.25) is 0 Å². The third-order valence-corrected chi connectivity index (χ3v) is 4.35. The van der Waals surface area contributed by atoms with E-state index in [2.05, 4.69) is 25.3 Å². The minimum absolute atomic E-state index is 0.0273. The zero-order chi connectivity index (χ0) is 21.4. The highest BCUT2D eigenvalue weighted by Crippen LogP contribution is 2.30. The first-order valence-corrected chi connectivity index (χ1v) is 9.33. The van der Waals surface area contributed by atoms with E-state index in [0.717, 1.165) is 16.7 Å². The van der Waals surface area contributed by atoms with E-state index in [1.54, 1.807) is 6.92 Å². The molecule has 160 valence electrons. The number of guanidine groups is 1. The summed E-state index contributed by atoms with van der Waals surface area (Å²) in [6.07, 6.45) is -5.47. The molecule has 0 spiro atoms. The summed E-state index contributed by atoms with van der Waals surface area (Å²) in [7, 11) is 0. The number of hydrogen-bond donors (Lipinski definition) is 3. The molecule has 0 radical (unpaired) electrons. The summed E-state index contributed by atoms with van der Waals surface area (Å²) in [5.74, 6) is 0.258. The fourth-order valence-corrected chi connectivity index (χ4v) is 2.91. The highest BCUT2D eigenvalue weighted by atomic mass is 32.1. The van der Waals surface area contributed by atoms with Gasteiger partial charge in [0.1, 0.15) is 10.8 Å². The van der Waals surface area contributed by atoms with Gasteiger partial charge in [-0.15, -0.1) is 11.3 Å².